The number of amides is 2. The van der Waals surface area contributed by atoms with Crippen molar-refractivity contribution < 1.29 is 24.2 Å². The van der Waals surface area contributed by atoms with Crippen LogP contribution in [0.5, 0.6) is 0 Å². The van der Waals surface area contributed by atoms with E-state index in [9.17, 15) is 14.4 Å². The number of carbonyl (C=O) groups excluding carboxylic acids is 2. The van der Waals surface area contributed by atoms with E-state index in [1.165, 1.54) is 0 Å². The summed E-state index contributed by atoms with van der Waals surface area (Å²) >= 11 is 0. The zero-order valence-electron chi connectivity index (χ0n) is 17.3. The second-order valence-electron chi connectivity index (χ2n) is 8.46. The normalized spacial score (nSPS) is 29.0. The van der Waals surface area contributed by atoms with Gasteiger partial charge < -0.3 is 14.7 Å². The number of methoxy groups -OCH3 is 1. The minimum Gasteiger partial charge on any atom is -0.480 e. The zero-order valence-corrected chi connectivity index (χ0v) is 17.3. The number of carbonyl (C=O) groups is 3. The van der Waals surface area contributed by atoms with E-state index in [2.05, 4.69) is 5.43 Å². The molecule has 0 aromatic rings. The molecule has 0 bridgehead atoms. The van der Waals surface area contributed by atoms with E-state index in [0.717, 1.165) is 45.1 Å². The average molecular weight is 411 g/mol. The van der Waals surface area contributed by atoms with Gasteiger partial charge in [-0.1, -0.05) is 0 Å². The summed E-state index contributed by atoms with van der Waals surface area (Å²) in [4.78, 5) is 40.0. The Morgan fingerprint density at radius 1 is 0.966 bits per heavy atom. The number of ether oxygens (including phenoxy) is 1. The van der Waals surface area contributed by atoms with Crippen molar-refractivity contribution in [2.45, 2.75) is 44.6 Å². The minimum atomic E-state index is -0.830. The SMILES string of the molecule is COCC1CCCN1NC(=O)C1CCC(C(=O)N2CCN(CC(=O)O)CC2)CC1. The molecule has 29 heavy (non-hydrogen) atoms. The van der Waals surface area contributed by atoms with Gasteiger partial charge in [-0.15, -0.1) is 0 Å². The summed E-state index contributed by atoms with van der Waals surface area (Å²) in [5, 5.41) is 10.9. The molecule has 3 aliphatic rings. The Hall–Kier alpha value is -1.71. The molecule has 2 heterocycles. The predicted molar refractivity (Wildman–Crippen MR) is 106 cm³/mol. The lowest BCUT2D eigenvalue weighted by atomic mass is 9.81. The molecule has 2 N–H and O–H groups in total. The van der Waals surface area contributed by atoms with Crippen LogP contribution >= 0.6 is 0 Å². The molecule has 3 fully saturated rings. The number of hydrazine groups is 1. The molecule has 1 atom stereocenters. The highest BCUT2D eigenvalue weighted by atomic mass is 16.5. The van der Waals surface area contributed by atoms with Crippen LogP contribution in [0.2, 0.25) is 0 Å². The highest BCUT2D eigenvalue weighted by molar-refractivity contribution is 5.81. The summed E-state index contributed by atoms with van der Waals surface area (Å²) in [6.45, 7) is 3.90. The van der Waals surface area contributed by atoms with Gasteiger partial charge in [0.25, 0.3) is 0 Å². The molecule has 2 saturated heterocycles. The van der Waals surface area contributed by atoms with Crippen LogP contribution in [-0.4, -0.2) is 96.7 Å². The largest absolute Gasteiger partial charge is 0.480 e. The van der Waals surface area contributed by atoms with Gasteiger partial charge in [0, 0.05) is 51.7 Å². The summed E-state index contributed by atoms with van der Waals surface area (Å²) < 4.78 is 5.24. The molecular formula is C20H34N4O5. The summed E-state index contributed by atoms with van der Waals surface area (Å²) in [7, 11) is 1.68. The van der Waals surface area contributed by atoms with Crippen LogP contribution in [0.1, 0.15) is 38.5 Å². The number of nitrogens with one attached hydrogen (secondary N) is 1. The molecule has 1 aliphatic carbocycles. The molecule has 0 spiro atoms. The Bertz CT molecular complexity index is 585. The van der Waals surface area contributed by atoms with E-state index >= 15 is 0 Å². The van der Waals surface area contributed by atoms with Crippen molar-refractivity contribution >= 4 is 17.8 Å². The van der Waals surface area contributed by atoms with Gasteiger partial charge in [-0.05, 0) is 38.5 Å². The van der Waals surface area contributed by atoms with Crippen molar-refractivity contribution in [2.75, 3.05) is 53.0 Å². The van der Waals surface area contributed by atoms with Gasteiger partial charge in [0.05, 0.1) is 19.2 Å². The molecule has 9 heteroatoms. The maximum atomic E-state index is 12.8. The maximum Gasteiger partial charge on any atom is 0.317 e. The van der Waals surface area contributed by atoms with Crippen LogP contribution in [0, 0.1) is 11.8 Å². The first-order valence-electron chi connectivity index (χ1n) is 10.8. The van der Waals surface area contributed by atoms with E-state index in [0.29, 0.717) is 32.8 Å². The minimum absolute atomic E-state index is 0.0156. The number of nitrogens with zero attached hydrogens (tertiary/aromatic N) is 3. The van der Waals surface area contributed by atoms with Gasteiger partial charge in [-0.3, -0.25) is 24.7 Å². The number of aliphatic carboxylic acids is 1. The molecule has 9 nitrogen and oxygen atoms in total. The van der Waals surface area contributed by atoms with Gasteiger partial charge in [0.2, 0.25) is 11.8 Å². The lowest BCUT2D eigenvalue weighted by molar-refractivity contribution is -0.142. The smallest absolute Gasteiger partial charge is 0.317 e. The monoisotopic (exact) mass is 410 g/mol. The first kappa shape index (κ1) is 22.0. The third-order valence-electron chi connectivity index (χ3n) is 6.48. The molecule has 0 aromatic carbocycles. The highest BCUT2D eigenvalue weighted by Gasteiger charge is 2.35. The first-order chi connectivity index (χ1) is 14.0. The predicted octanol–water partition coefficient (Wildman–Crippen LogP) is 0.164. The zero-order chi connectivity index (χ0) is 20.8. The van der Waals surface area contributed by atoms with Gasteiger partial charge in [0.1, 0.15) is 0 Å². The summed E-state index contributed by atoms with van der Waals surface area (Å²) in [6, 6.07) is 0.252. The van der Waals surface area contributed by atoms with Crippen molar-refractivity contribution in [3.05, 3.63) is 0 Å². The van der Waals surface area contributed by atoms with Crippen molar-refractivity contribution in [1.82, 2.24) is 20.2 Å². The molecule has 3 rings (SSSR count). The number of hydrogen-bond acceptors (Lipinski definition) is 6. The molecule has 2 aliphatic heterocycles. The molecule has 164 valence electrons. The molecule has 0 aromatic heterocycles. The molecule has 0 radical (unpaired) electrons. The van der Waals surface area contributed by atoms with Gasteiger partial charge in [-0.2, -0.15) is 0 Å². The van der Waals surface area contributed by atoms with Crippen molar-refractivity contribution in [1.29, 1.82) is 0 Å². The van der Waals surface area contributed by atoms with E-state index < -0.39 is 5.97 Å². The van der Waals surface area contributed by atoms with Crippen LogP contribution < -0.4 is 5.43 Å². The summed E-state index contributed by atoms with van der Waals surface area (Å²) in [6.07, 6.45) is 5.07. The van der Waals surface area contributed by atoms with E-state index in [-0.39, 0.29) is 36.2 Å². The van der Waals surface area contributed by atoms with Crippen molar-refractivity contribution in [3.8, 4) is 0 Å². The number of carboxylic acid groups (broad SMARTS) is 1. The van der Waals surface area contributed by atoms with Crippen LogP contribution in [0.25, 0.3) is 0 Å². The Morgan fingerprint density at radius 3 is 2.24 bits per heavy atom. The van der Waals surface area contributed by atoms with Crippen molar-refractivity contribution in [2.24, 2.45) is 11.8 Å². The van der Waals surface area contributed by atoms with E-state index in [4.69, 9.17) is 9.84 Å². The third-order valence-corrected chi connectivity index (χ3v) is 6.48. The van der Waals surface area contributed by atoms with Gasteiger partial charge in [-0.25, -0.2) is 5.01 Å². The van der Waals surface area contributed by atoms with Crippen molar-refractivity contribution in [3.63, 3.8) is 0 Å². The fourth-order valence-electron chi connectivity index (χ4n) is 4.76. The molecule has 1 saturated carbocycles. The summed E-state index contributed by atoms with van der Waals surface area (Å²) in [5.41, 5.74) is 3.08. The standard InChI is InChI=1S/C20H34N4O5/c1-29-14-17-3-2-8-24(17)21-19(27)15-4-6-16(7-5-15)20(28)23-11-9-22(10-12-23)13-18(25)26/h15-17H,2-14H2,1H3,(H,21,27)(H,25,26). The highest BCUT2D eigenvalue weighted by Crippen LogP contribution is 2.31. The van der Waals surface area contributed by atoms with Gasteiger partial charge in [0.15, 0.2) is 0 Å². The van der Waals surface area contributed by atoms with Crippen LogP contribution in [0.4, 0.5) is 0 Å². The fourth-order valence-corrected chi connectivity index (χ4v) is 4.76. The van der Waals surface area contributed by atoms with Crippen LogP contribution in [0.3, 0.4) is 0 Å². The number of piperazine rings is 1. The Labute approximate surface area is 172 Å². The van der Waals surface area contributed by atoms with E-state index in [1.807, 2.05) is 14.8 Å². The maximum absolute atomic E-state index is 12.8. The Balaban J connectivity index is 1.40. The quantitative estimate of drug-likeness (QED) is 0.616. The lowest BCUT2D eigenvalue weighted by Gasteiger charge is -2.37. The van der Waals surface area contributed by atoms with Gasteiger partial charge >= 0.3 is 5.97 Å². The fraction of sp³-hybridized carbons (Fsp3) is 0.850. The molecule has 1 unspecified atom stereocenters. The topological polar surface area (TPSA) is 102 Å². The molecule has 2 amide bonds. The van der Waals surface area contributed by atoms with Crippen LogP contribution in [-0.2, 0) is 19.1 Å². The molecular weight excluding hydrogens is 376 g/mol. The second kappa shape index (κ2) is 10.4. The Kier molecular flexibility index (Phi) is 7.85. The first-order valence-corrected chi connectivity index (χ1v) is 10.8. The number of hydrogen-bond donors (Lipinski definition) is 2. The van der Waals surface area contributed by atoms with Crippen LogP contribution in [0.15, 0.2) is 0 Å². The number of carboxylic acids is 1. The second-order valence-corrected chi connectivity index (χ2v) is 8.46. The average Bonchev–Trinajstić information content (AvgIpc) is 3.14. The number of rotatable bonds is 7. The van der Waals surface area contributed by atoms with E-state index in [1.54, 1.807) is 7.11 Å². The lowest BCUT2D eigenvalue weighted by Crippen LogP contribution is -2.52. The third kappa shape index (κ3) is 5.90. The summed E-state index contributed by atoms with van der Waals surface area (Å²) in [5.74, 6) is -0.642. The Morgan fingerprint density at radius 2 is 1.62 bits per heavy atom.